The lowest BCUT2D eigenvalue weighted by molar-refractivity contribution is -0.116. The van der Waals surface area contributed by atoms with E-state index in [1.807, 2.05) is 0 Å². The third kappa shape index (κ3) is 4.37. The molecule has 0 aromatic heterocycles. The molecule has 0 radical (unpaired) electrons. The van der Waals surface area contributed by atoms with Crippen LogP contribution in [0.25, 0.3) is 0 Å². The molecule has 0 saturated heterocycles. The Morgan fingerprint density at radius 3 is 2.68 bits per heavy atom. The highest BCUT2D eigenvalue weighted by Gasteiger charge is 2.17. The van der Waals surface area contributed by atoms with Crippen molar-refractivity contribution in [2.45, 2.75) is 11.8 Å². The topological polar surface area (TPSA) is 115 Å². The van der Waals surface area contributed by atoms with E-state index < -0.39 is 22.5 Å². The molecule has 0 atom stereocenters. The van der Waals surface area contributed by atoms with Gasteiger partial charge in [0.1, 0.15) is 0 Å². The molecule has 7 heteroatoms. The van der Waals surface area contributed by atoms with Crippen LogP contribution in [0.1, 0.15) is 11.1 Å². The van der Waals surface area contributed by atoms with Crippen LogP contribution in [0.15, 0.2) is 23.1 Å². The highest BCUT2D eigenvalue weighted by Crippen LogP contribution is 2.16. The highest BCUT2D eigenvalue weighted by atomic mass is 32.2. The minimum absolute atomic E-state index is 0.0672. The molecule has 1 aromatic rings. The van der Waals surface area contributed by atoms with Gasteiger partial charge in [-0.1, -0.05) is 17.9 Å². The Kier molecular flexibility index (Phi) is 5.06. The van der Waals surface area contributed by atoms with Gasteiger partial charge in [-0.25, -0.2) is 13.1 Å². The molecule has 0 aliphatic heterocycles. The molecule has 0 aliphatic rings. The zero-order chi connectivity index (χ0) is 14.5. The van der Waals surface area contributed by atoms with Gasteiger partial charge >= 0.3 is 0 Å². The fraction of sp³-hybridized carbons (Fsp3) is 0.250. The van der Waals surface area contributed by atoms with Crippen molar-refractivity contribution in [3.63, 3.8) is 0 Å². The summed E-state index contributed by atoms with van der Waals surface area (Å²) in [7, 11) is -3.78. The molecule has 0 saturated carbocycles. The third-order valence-corrected chi connectivity index (χ3v) is 3.79. The zero-order valence-electron chi connectivity index (χ0n) is 10.4. The number of hydrogen-bond acceptors (Lipinski definition) is 4. The third-order valence-electron chi connectivity index (χ3n) is 2.25. The summed E-state index contributed by atoms with van der Waals surface area (Å²) in [5.74, 6) is 4.64. The van der Waals surface area contributed by atoms with Gasteiger partial charge in [-0.3, -0.25) is 4.79 Å². The molecule has 1 rings (SSSR count). The van der Waals surface area contributed by atoms with Crippen LogP contribution in [0.5, 0.6) is 0 Å². The molecule has 0 bridgehead atoms. The predicted molar refractivity (Wildman–Crippen MR) is 71.5 cm³/mol. The van der Waals surface area contributed by atoms with Crippen molar-refractivity contribution in [1.29, 1.82) is 0 Å². The minimum Gasteiger partial charge on any atom is -0.369 e. The molecule has 6 nitrogen and oxygen atoms in total. The van der Waals surface area contributed by atoms with E-state index in [0.29, 0.717) is 11.1 Å². The first-order chi connectivity index (χ1) is 8.86. The van der Waals surface area contributed by atoms with Crippen molar-refractivity contribution in [2.24, 2.45) is 11.5 Å². The molecule has 1 aromatic carbocycles. The van der Waals surface area contributed by atoms with Gasteiger partial charge in [0.15, 0.2) is 0 Å². The van der Waals surface area contributed by atoms with Gasteiger partial charge in [0.05, 0.1) is 18.0 Å². The lowest BCUT2D eigenvalue weighted by atomic mass is 10.1. The second-order valence-corrected chi connectivity index (χ2v) is 5.51. The number of sulfonamides is 1. The molecular weight excluding hydrogens is 266 g/mol. The largest absolute Gasteiger partial charge is 0.369 e. The maximum absolute atomic E-state index is 12.0. The quantitative estimate of drug-likeness (QED) is 0.618. The first kappa shape index (κ1) is 15.2. The van der Waals surface area contributed by atoms with Crippen molar-refractivity contribution in [1.82, 2.24) is 4.72 Å². The molecule has 0 unspecified atom stereocenters. The van der Waals surface area contributed by atoms with Gasteiger partial charge in [-0.2, -0.15) is 0 Å². The van der Waals surface area contributed by atoms with Crippen LogP contribution in [0, 0.1) is 18.8 Å². The predicted octanol–water partition coefficient (Wildman–Crippen LogP) is -0.931. The average Bonchev–Trinajstić information content (AvgIpc) is 2.35. The van der Waals surface area contributed by atoms with Gasteiger partial charge in [0.25, 0.3) is 0 Å². The van der Waals surface area contributed by atoms with E-state index >= 15 is 0 Å². The lowest BCUT2D eigenvalue weighted by Crippen LogP contribution is -2.33. The number of nitrogens with one attached hydrogen (secondary N) is 1. The second kappa shape index (κ2) is 6.33. The van der Waals surface area contributed by atoms with E-state index in [9.17, 15) is 13.2 Å². The number of rotatable bonds is 4. The Balaban J connectivity index is 3.14. The summed E-state index contributed by atoms with van der Waals surface area (Å²) in [4.78, 5) is 10.7. The van der Waals surface area contributed by atoms with Gasteiger partial charge in [-0.15, -0.1) is 0 Å². The first-order valence-electron chi connectivity index (χ1n) is 5.44. The van der Waals surface area contributed by atoms with Crippen LogP contribution in [-0.4, -0.2) is 27.4 Å². The Hall–Kier alpha value is -1.88. The Bertz CT molecular complexity index is 642. The van der Waals surface area contributed by atoms with E-state index in [-0.39, 0.29) is 11.4 Å². The number of primary amides is 1. The van der Waals surface area contributed by atoms with Gasteiger partial charge in [0, 0.05) is 5.56 Å². The number of carbonyl (C=O) groups excluding carboxylic acids is 1. The fourth-order valence-corrected chi connectivity index (χ4v) is 2.63. The van der Waals surface area contributed by atoms with E-state index in [1.165, 1.54) is 6.07 Å². The van der Waals surface area contributed by atoms with Crippen LogP contribution in [0.4, 0.5) is 0 Å². The number of benzene rings is 1. The smallest absolute Gasteiger partial charge is 0.241 e. The second-order valence-electron chi connectivity index (χ2n) is 3.78. The molecule has 5 N–H and O–H groups in total. The van der Waals surface area contributed by atoms with Crippen LogP contribution in [0.3, 0.4) is 0 Å². The molecule has 0 aliphatic carbocycles. The van der Waals surface area contributed by atoms with E-state index in [4.69, 9.17) is 11.5 Å². The Morgan fingerprint density at radius 1 is 1.42 bits per heavy atom. The van der Waals surface area contributed by atoms with E-state index in [0.717, 1.165) is 0 Å². The van der Waals surface area contributed by atoms with Crippen LogP contribution in [-0.2, 0) is 14.8 Å². The summed E-state index contributed by atoms with van der Waals surface area (Å²) in [5.41, 5.74) is 11.3. The summed E-state index contributed by atoms with van der Waals surface area (Å²) < 4.78 is 26.1. The summed E-state index contributed by atoms with van der Waals surface area (Å²) in [5, 5.41) is 0. The molecule has 19 heavy (non-hydrogen) atoms. The average molecular weight is 281 g/mol. The summed E-state index contributed by atoms with van der Waals surface area (Å²) in [6.45, 7) is 1.40. The summed E-state index contributed by atoms with van der Waals surface area (Å²) in [6, 6.07) is 4.77. The normalized spacial score (nSPS) is 10.6. The number of amides is 1. The van der Waals surface area contributed by atoms with Crippen molar-refractivity contribution in [3.8, 4) is 11.8 Å². The van der Waals surface area contributed by atoms with Gasteiger partial charge < -0.3 is 11.5 Å². The van der Waals surface area contributed by atoms with E-state index in [2.05, 4.69) is 16.6 Å². The maximum atomic E-state index is 12.0. The molecule has 0 fully saturated rings. The SMILES string of the molecule is Cc1ccc(C#CCN)cc1S(=O)(=O)NCC(N)=O. The minimum atomic E-state index is -3.78. The van der Waals surface area contributed by atoms with Crippen LogP contribution in [0.2, 0.25) is 0 Å². The molecular formula is C12H15N3O3S. The standard InChI is InChI=1S/C12H15N3O3S/c1-9-4-5-10(3-2-6-13)7-11(9)19(17,18)15-8-12(14)16/h4-5,7,15H,6,8,13H2,1H3,(H2,14,16). The summed E-state index contributed by atoms with van der Waals surface area (Å²) >= 11 is 0. The molecule has 102 valence electrons. The molecule has 1 amide bonds. The van der Waals surface area contributed by atoms with Crippen molar-refractivity contribution < 1.29 is 13.2 Å². The molecule has 0 spiro atoms. The van der Waals surface area contributed by atoms with Crippen molar-refractivity contribution >= 4 is 15.9 Å². The zero-order valence-corrected chi connectivity index (χ0v) is 11.3. The Labute approximate surface area is 112 Å². The number of hydrogen-bond donors (Lipinski definition) is 3. The number of nitrogens with two attached hydrogens (primary N) is 2. The van der Waals surface area contributed by atoms with Crippen LogP contribution >= 0.6 is 0 Å². The van der Waals surface area contributed by atoms with Crippen molar-refractivity contribution in [2.75, 3.05) is 13.1 Å². The summed E-state index contributed by atoms with van der Waals surface area (Å²) in [6.07, 6.45) is 0. The number of aryl methyl sites for hydroxylation is 1. The van der Waals surface area contributed by atoms with E-state index in [1.54, 1.807) is 19.1 Å². The van der Waals surface area contributed by atoms with Gasteiger partial charge in [-0.05, 0) is 24.6 Å². The monoisotopic (exact) mass is 281 g/mol. The van der Waals surface area contributed by atoms with Crippen LogP contribution < -0.4 is 16.2 Å². The first-order valence-corrected chi connectivity index (χ1v) is 6.92. The van der Waals surface area contributed by atoms with Crippen molar-refractivity contribution in [3.05, 3.63) is 29.3 Å². The number of carbonyl (C=O) groups is 1. The highest BCUT2D eigenvalue weighted by molar-refractivity contribution is 7.89. The maximum Gasteiger partial charge on any atom is 0.241 e. The molecule has 0 heterocycles. The Morgan fingerprint density at radius 2 is 2.11 bits per heavy atom. The van der Waals surface area contributed by atoms with Gasteiger partial charge in [0.2, 0.25) is 15.9 Å². The fourth-order valence-electron chi connectivity index (χ4n) is 1.36. The lowest BCUT2D eigenvalue weighted by Gasteiger charge is -2.08.